The second-order valence-corrected chi connectivity index (χ2v) is 7.41. The fourth-order valence-corrected chi connectivity index (χ4v) is 3.52. The first kappa shape index (κ1) is 12.8. The summed E-state index contributed by atoms with van der Waals surface area (Å²) in [5.74, 6) is 0. The average molecular weight is 204 g/mol. The van der Waals surface area contributed by atoms with Gasteiger partial charge in [0.05, 0.1) is 0 Å². The molecule has 1 N–H and O–H groups in total. The number of hydrogen-bond acceptors (Lipinski definition) is 3. The van der Waals surface area contributed by atoms with Crippen LogP contribution < -0.4 is 0 Å². The Morgan fingerprint density at radius 3 is 2.00 bits per heavy atom. The summed E-state index contributed by atoms with van der Waals surface area (Å²) in [6.07, 6.45) is 0.0241. The Morgan fingerprint density at radius 1 is 1.46 bits per heavy atom. The largest absolute Gasteiger partial charge is 0.396 e. The van der Waals surface area contributed by atoms with Gasteiger partial charge in [-0.3, -0.25) is 0 Å². The van der Waals surface area contributed by atoms with Crippen LogP contribution in [0.3, 0.4) is 0 Å². The molecule has 4 heteroatoms. The Balaban J connectivity index is 4.81. The summed E-state index contributed by atoms with van der Waals surface area (Å²) < 4.78 is 11.0. The van der Waals surface area contributed by atoms with Crippen LogP contribution in [-0.4, -0.2) is 32.1 Å². The summed E-state index contributed by atoms with van der Waals surface area (Å²) in [5.41, 5.74) is 1.62. The van der Waals surface area contributed by atoms with Crippen molar-refractivity contribution in [1.29, 1.82) is 0 Å². The molecule has 0 radical (unpaired) electrons. The van der Waals surface area contributed by atoms with E-state index in [2.05, 4.69) is 6.58 Å². The van der Waals surface area contributed by atoms with E-state index in [1.807, 2.05) is 13.8 Å². The van der Waals surface area contributed by atoms with E-state index in [1.54, 1.807) is 26.7 Å². The quantitative estimate of drug-likeness (QED) is 0.690. The maximum Gasteiger partial charge on any atom is 0.396 e. The van der Waals surface area contributed by atoms with Gasteiger partial charge in [-0.05, 0) is 33.4 Å². The minimum atomic E-state index is -2.69. The van der Waals surface area contributed by atoms with Gasteiger partial charge >= 0.3 is 8.56 Å². The van der Waals surface area contributed by atoms with Crippen molar-refractivity contribution in [2.75, 3.05) is 7.11 Å². The highest BCUT2D eigenvalue weighted by Crippen LogP contribution is 2.24. The monoisotopic (exact) mass is 204 g/mol. The smallest absolute Gasteiger partial charge is 0.393 e. The fraction of sp³-hybridized carbons (Fsp3) is 0.778. The topological polar surface area (TPSA) is 38.7 Å². The minimum absolute atomic E-state index is 0.0241. The Morgan fingerprint density at radius 2 is 1.92 bits per heavy atom. The van der Waals surface area contributed by atoms with E-state index in [0.717, 1.165) is 0 Å². The van der Waals surface area contributed by atoms with E-state index in [1.165, 1.54) is 0 Å². The van der Waals surface area contributed by atoms with Gasteiger partial charge in [0.25, 0.3) is 0 Å². The van der Waals surface area contributed by atoms with Gasteiger partial charge in [-0.1, -0.05) is 0 Å². The second-order valence-electron chi connectivity index (χ2n) is 3.80. The Hall–Kier alpha value is -0.163. The third kappa shape index (κ3) is 2.91. The highest BCUT2D eigenvalue weighted by Gasteiger charge is 2.49. The highest BCUT2D eigenvalue weighted by atomic mass is 28.4. The van der Waals surface area contributed by atoms with E-state index in [0.29, 0.717) is 0 Å². The summed E-state index contributed by atoms with van der Waals surface area (Å²) in [5, 5.41) is 8.94. The molecular weight excluding hydrogens is 184 g/mol. The number of hydrogen-bond donors (Lipinski definition) is 1. The molecular formula is C9H20O3Si. The zero-order valence-corrected chi connectivity index (χ0v) is 10.1. The molecule has 0 rings (SSSR count). The van der Waals surface area contributed by atoms with Gasteiger partial charge in [0, 0.05) is 13.2 Å². The third-order valence-corrected chi connectivity index (χ3v) is 5.51. The number of aliphatic hydroxyl groups is 1. The van der Waals surface area contributed by atoms with Crippen LogP contribution in [0.5, 0.6) is 0 Å². The normalized spacial score (nSPS) is 17.2. The fourth-order valence-electron chi connectivity index (χ4n) is 1.17. The lowest BCUT2D eigenvalue weighted by molar-refractivity contribution is 0.0587. The van der Waals surface area contributed by atoms with Gasteiger partial charge in [-0.2, -0.15) is 0 Å². The SMILES string of the molecule is C=C[Si](OC)(OC(C)C)C(C)(C)O. The summed E-state index contributed by atoms with van der Waals surface area (Å²) in [4.78, 5) is 0. The van der Waals surface area contributed by atoms with Gasteiger partial charge in [0.15, 0.2) is 0 Å². The van der Waals surface area contributed by atoms with Crippen LogP contribution in [0.15, 0.2) is 12.3 Å². The van der Waals surface area contributed by atoms with E-state index < -0.39 is 13.8 Å². The molecule has 1 unspecified atom stereocenters. The molecule has 0 aromatic carbocycles. The molecule has 0 spiro atoms. The standard InChI is InChI=1S/C9H20O3Si/c1-7-13(11-6,9(4,5)10)12-8(2)3/h7-8,10H,1H2,2-6H3. The first-order valence-electron chi connectivity index (χ1n) is 4.38. The van der Waals surface area contributed by atoms with E-state index in [9.17, 15) is 5.11 Å². The maximum absolute atomic E-state index is 9.92. The second kappa shape index (κ2) is 4.37. The van der Waals surface area contributed by atoms with E-state index in [-0.39, 0.29) is 6.10 Å². The van der Waals surface area contributed by atoms with Crippen LogP contribution in [0.2, 0.25) is 0 Å². The minimum Gasteiger partial charge on any atom is -0.393 e. The van der Waals surface area contributed by atoms with E-state index >= 15 is 0 Å². The summed E-state index contributed by atoms with van der Waals surface area (Å²) in [6, 6.07) is 0. The third-order valence-electron chi connectivity index (χ3n) is 1.84. The molecule has 0 aromatic heterocycles. The maximum atomic E-state index is 9.92. The van der Waals surface area contributed by atoms with Crippen molar-refractivity contribution in [3.63, 3.8) is 0 Å². The molecule has 0 aliphatic carbocycles. The van der Waals surface area contributed by atoms with Crippen LogP contribution in [0.25, 0.3) is 0 Å². The molecule has 0 aliphatic heterocycles. The van der Waals surface area contributed by atoms with Gasteiger partial charge in [0.1, 0.15) is 5.22 Å². The predicted octanol–water partition coefficient (Wildman–Crippen LogP) is 1.54. The van der Waals surface area contributed by atoms with Gasteiger partial charge in [-0.25, -0.2) is 0 Å². The van der Waals surface area contributed by atoms with Crippen LogP contribution in [-0.2, 0) is 8.85 Å². The van der Waals surface area contributed by atoms with Crippen molar-refractivity contribution >= 4 is 8.56 Å². The number of rotatable bonds is 5. The van der Waals surface area contributed by atoms with Crippen molar-refractivity contribution in [3.05, 3.63) is 12.3 Å². The zero-order chi connectivity index (χ0) is 10.7. The van der Waals surface area contributed by atoms with Crippen LogP contribution in [0.4, 0.5) is 0 Å². The van der Waals surface area contributed by atoms with Crippen molar-refractivity contribution in [2.24, 2.45) is 0 Å². The predicted molar refractivity (Wildman–Crippen MR) is 55.5 cm³/mol. The average Bonchev–Trinajstić information content (AvgIpc) is 1.97. The molecule has 0 heterocycles. The molecule has 0 aliphatic rings. The van der Waals surface area contributed by atoms with Gasteiger partial charge in [0.2, 0.25) is 0 Å². The van der Waals surface area contributed by atoms with Crippen molar-refractivity contribution in [3.8, 4) is 0 Å². The van der Waals surface area contributed by atoms with Gasteiger partial charge in [-0.15, -0.1) is 6.58 Å². The molecule has 0 fully saturated rings. The van der Waals surface area contributed by atoms with Crippen LogP contribution in [0.1, 0.15) is 27.7 Å². The van der Waals surface area contributed by atoms with Crippen molar-refractivity contribution in [2.45, 2.75) is 39.0 Å². The highest BCUT2D eigenvalue weighted by molar-refractivity contribution is 6.75. The van der Waals surface area contributed by atoms with Crippen molar-refractivity contribution in [1.82, 2.24) is 0 Å². The molecule has 0 saturated heterocycles. The summed E-state index contributed by atoms with van der Waals surface area (Å²) in [6.45, 7) is 10.9. The van der Waals surface area contributed by atoms with Crippen LogP contribution >= 0.6 is 0 Å². The molecule has 0 bridgehead atoms. The summed E-state index contributed by atoms with van der Waals surface area (Å²) in [7, 11) is -1.14. The Bertz CT molecular complexity index is 174. The molecule has 1 atom stereocenters. The Labute approximate surface area is 81.6 Å². The lowest BCUT2D eigenvalue weighted by Crippen LogP contribution is -2.59. The Kier molecular flexibility index (Phi) is 4.31. The molecule has 78 valence electrons. The van der Waals surface area contributed by atoms with Crippen LogP contribution in [0, 0.1) is 0 Å². The first-order valence-corrected chi connectivity index (χ1v) is 6.27. The van der Waals surface area contributed by atoms with E-state index in [4.69, 9.17) is 8.85 Å². The zero-order valence-electron chi connectivity index (χ0n) is 9.13. The first-order chi connectivity index (χ1) is 5.79. The lowest BCUT2D eigenvalue weighted by atomic mass is 10.5. The molecule has 0 amide bonds. The van der Waals surface area contributed by atoms with Gasteiger partial charge < -0.3 is 14.0 Å². The molecule has 3 nitrogen and oxygen atoms in total. The molecule has 0 saturated carbocycles. The summed E-state index contributed by atoms with van der Waals surface area (Å²) >= 11 is 0. The lowest BCUT2D eigenvalue weighted by Gasteiger charge is -2.37. The molecule has 13 heavy (non-hydrogen) atoms. The molecule has 0 aromatic rings. The van der Waals surface area contributed by atoms with Crippen molar-refractivity contribution < 1.29 is 14.0 Å².